The summed E-state index contributed by atoms with van der Waals surface area (Å²) in [5, 5.41) is 3.99. The first-order valence-corrected chi connectivity index (χ1v) is 8.93. The van der Waals surface area contributed by atoms with Gasteiger partial charge in [0, 0.05) is 32.0 Å². The van der Waals surface area contributed by atoms with Crippen molar-refractivity contribution < 1.29 is 14.0 Å². The molecule has 0 saturated carbocycles. The van der Waals surface area contributed by atoms with Gasteiger partial charge in [0.05, 0.1) is 29.2 Å². The molecule has 2 aromatic heterocycles. The first-order chi connectivity index (χ1) is 12.1. The SMILES string of the molecule is Cc1cc(-c2cnc(N3CC(C)OC(C)C3)nc2[C@H]2CCCO2)on1. The lowest BCUT2D eigenvalue weighted by Gasteiger charge is -2.35. The highest BCUT2D eigenvalue weighted by atomic mass is 16.5. The van der Waals surface area contributed by atoms with E-state index in [-0.39, 0.29) is 18.3 Å². The number of nitrogens with zero attached hydrogens (tertiary/aromatic N) is 4. The van der Waals surface area contributed by atoms with Crippen LogP contribution in [0.5, 0.6) is 0 Å². The molecule has 7 heteroatoms. The number of morpholine rings is 1. The van der Waals surface area contributed by atoms with Gasteiger partial charge in [0.1, 0.15) is 6.10 Å². The summed E-state index contributed by atoms with van der Waals surface area (Å²) >= 11 is 0. The number of anilines is 1. The Morgan fingerprint density at radius 3 is 2.64 bits per heavy atom. The van der Waals surface area contributed by atoms with Gasteiger partial charge in [-0.1, -0.05) is 5.16 Å². The predicted octanol–water partition coefficient (Wildman–Crippen LogP) is 2.91. The fraction of sp³-hybridized carbons (Fsp3) is 0.611. The fourth-order valence-electron chi connectivity index (χ4n) is 3.60. The summed E-state index contributed by atoms with van der Waals surface area (Å²) in [5.41, 5.74) is 2.60. The highest BCUT2D eigenvalue weighted by Gasteiger charge is 2.28. The van der Waals surface area contributed by atoms with Gasteiger partial charge in [-0.3, -0.25) is 0 Å². The Hall–Kier alpha value is -1.99. The highest BCUT2D eigenvalue weighted by molar-refractivity contribution is 5.61. The van der Waals surface area contributed by atoms with E-state index in [1.165, 1.54) is 0 Å². The molecular formula is C18H24N4O3. The van der Waals surface area contributed by atoms with Crippen LogP contribution >= 0.6 is 0 Å². The molecule has 25 heavy (non-hydrogen) atoms. The van der Waals surface area contributed by atoms with E-state index < -0.39 is 0 Å². The zero-order valence-corrected chi connectivity index (χ0v) is 14.9. The van der Waals surface area contributed by atoms with Crippen molar-refractivity contribution in [1.29, 1.82) is 0 Å². The molecule has 4 heterocycles. The van der Waals surface area contributed by atoms with E-state index in [0.717, 1.165) is 55.4 Å². The molecule has 4 rings (SSSR count). The molecule has 0 aliphatic carbocycles. The number of rotatable bonds is 3. The summed E-state index contributed by atoms with van der Waals surface area (Å²) in [6.45, 7) is 8.41. The minimum Gasteiger partial charge on any atom is -0.372 e. The largest absolute Gasteiger partial charge is 0.372 e. The minimum absolute atomic E-state index is 0.0157. The molecule has 0 spiro atoms. The van der Waals surface area contributed by atoms with E-state index in [9.17, 15) is 0 Å². The maximum Gasteiger partial charge on any atom is 0.225 e. The van der Waals surface area contributed by atoms with Gasteiger partial charge in [-0.2, -0.15) is 0 Å². The monoisotopic (exact) mass is 344 g/mol. The van der Waals surface area contributed by atoms with Gasteiger partial charge < -0.3 is 18.9 Å². The summed E-state index contributed by atoms with van der Waals surface area (Å²) in [7, 11) is 0. The molecule has 0 amide bonds. The molecular weight excluding hydrogens is 320 g/mol. The summed E-state index contributed by atoms with van der Waals surface area (Å²) in [5.74, 6) is 1.42. The minimum atomic E-state index is -0.0157. The Bertz CT molecular complexity index is 732. The third kappa shape index (κ3) is 3.39. The topological polar surface area (TPSA) is 73.5 Å². The van der Waals surface area contributed by atoms with Gasteiger partial charge in [-0.15, -0.1) is 0 Å². The van der Waals surface area contributed by atoms with E-state index in [1.54, 1.807) is 0 Å². The molecule has 7 nitrogen and oxygen atoms in total. The Balaban J connectivity index is 1.71. The van der Waals surface area contributed by atoms with Crippen molar-refractivity contribution in [2.75, 3.05) is 24.6 Å². The van der Waals surface area contributed by atoms with Crippen molar-refractivity contribution in [2.24, 2.45) is 0 Å². The van der Waals surface area contributed by atoms with Crippen LogP contribution in [0.1, 0.15) is 44.2 Å². The predicted molar refractivity (Wildman–Crippen MR) is 92.4 cm³/mol. The highest BCUT2D eigenvalue weighted by Crippen LogP contribution is 2.35. The van der Waals surface area contributed by atoms with Crippen molar-refractivity contribution in [3.05, 3.63) is 23.7 Å². The van der Waals surface area contributed by atoms with Crippen molar-refractivity contribution in [2.45, 2.75) is 51.9 Å². The van der Waals surface area contributed by atoms with Crippen LogP contribution in [-0.4, -0.2) is 47.0 Å². The van der Waals surface area contributed by atoms with E-state index in [0.29, 0.717) is 5.76 Å². The van der Waals surface area contributed by atoms with Crippen LogP contribution in [-0.2, 0) is 9.47 Å². The number of aryl methyl sites for hydroxylation is 1. The molecule has 0 N–H and O–H groups in total. The Labute approximate surface area is 147 Å². The average Bonchev–Trinajstić information content (AvgIpc) is 3.25. The summed E-state index contributed by atoms with van der Waals surface area (Å²) in [6.07, 6.45) is 4.16. The molecule has 0 radical (unpaired) electrons. The number of ether oxygens (including phenoxy) is 2. The first kappa shape index (κ1) is 16.5. The lowest BCUT2D eigenvalue weighted by molar-refractivity contribution is -0.00576. The molecule has 2 aliphatic heterocycles. The summed E-state index contributed by atoms with van der Waals surface area (Å²) in [6, 6.07) is 1.91. The quantitative estimate of drug-likeness (QED) is 0.847. The molecule has 3 atom stereocenters. The van der Waals surface area contributed by atoms with Gasteiger partial charge in [0.15, 0.2) is 5.76 Å². The first-order valence-electron chi connectivity index (χ1n) is 8.93. The van der Waals surface area contributed by atoms with Crippen LogP contribution in [0.15, 0.2) is 16.8 Å². The summed E-state index contributed by atoms with van der Waals surface area (Å²) < 4.78 is 17.2. The second-order valence-electron chi connectivity index (χ2n) is 6.97. The second-order valence-corrected chi connectivity index (χ2v) is 6.97. The van der Waals surface area contributed by atoms with Crippen LogP contribution in [0.3, 0.4) is 0 Å². The number of aromatic nitrogens is 3. The fourth-order valence-corrected chi connectivity index (χ4v) is 3.60. The van der Waals surface area contributed by atoms with Crippen LogP contribution in [0.25, 0.3) is 11.3 Å². The van der Waals surface area contributed by atoms with Gasteiger partial charge in [0.25, 0.3) is 0 Å². The van der Waals surface area contributed by atoms with Crippen molar-refractivity contribution in [3.63, 3.8) is 0 Å². The van der Waals surface area contributed by atoms with E-state index in [1.807, 2.05) is 19.2 Å². The lowest BCUT2D eigenvalue weighted by atomic mass is 10.1. The second kappa shape index (κ2) is 6.72. The van der Waals surface area contributed by atoms with Crippen molar-refractivity contribution in [1.82, 2.24) is 15.1 Å². The van der Waals surface area contributed by atoms with Crippen LogP contribution in [0, 0.1) is 6.92 Å². The molecule has 2 aromatic rings. The Morgan fingerprint density at radius 1 is 1.20 bits per heavy atom. The maximum atomic E-state index is 5.90. The van der Waals surface area contributed by atoms with Crippen molar-refractivity contribution in [3.8, 4) is 11.3 Å². The normalized spacial score (nSPS) is 27.0. The van der Waals surface area contributed by atoms with E-state index in [2.05, 4.69) is 28.9 Å². The molecule has 134 valence electrons. The average molecular weight is 344 g/mol. The molecule has 2 saturated heterocycles. The van der Waals surface area contributed by atoms with Gasteiger partial charge in [-0.25, -0.2) is 9.97 Å². The Kier molecular flexibility index (Phi) is 4.43. The number of hydrogen-bond donors (Lipinski definition) is 0. The standard InChI is InChI=1S/C18H24N4O3/c1-11-7-16(25-21-11)14-8-19-18(20-17(14)15-5-4-6-23-15)22-9-12(2)24-13(3)10-22/h7-8,12-13,15H,4-6,9-10H2,1-3H3/t12?,13?,15-/m1/s1. The smallest absolute Gasteiger partial charge is 0.225 e. The zero-order valence-electron chi connectivity index (χ0n) is 14.9. The maximum absolute atomic E-state index is 5.90. The van der Waals surface area contributed by atoms with Gasteiger partial charge in [-0.05, 0) is 33.6 Å². The molecule has 0 bridgehead atoms. The van der Waals surface area contributed by atoms with Gasteiger partial charge >= 0.3 is 0 Å². The van der Waals surface area contributed by atoms with Crippen molar-refractivity contribution >= 4 is 5.95 Å². The summed E-state index contributed by atoms with van der Waals surface area (Å²) in [4.78, 5) is 11.7. The van der Waals surface area contributed by atoms with Crippen LogP contribution in [0.2, 0.25) is 0 Å². The third-order valence-electron chi connectivity index (χ3n) is 4.64. The van der Waals surface area contributed by atoms with Crippen LogP contribution in [0.4, 0.5) is 5.95 Å². The third-order valence-corrected chi connectivity index (χ3v) is 4.64. The Morgan fingerprint density at radius 2 is 2.00 bits per heavy atom. The molecule has 2 aliphatic rings. The van der Waals surface area contributed by atoms with Crippen LogP contribution < -0.4 is 4.90 Å². The molecule has 0 aromatic carbocycles. The zero-order chi connectivity index (χ0) is 17.4. The van der Waals surface area contributed by atoms with Gasteiger partial charge in [0.2, 0.25) is 5.95 Å². The van der Waals surface area contributed by atoms with E-state index >= 15 is 0 Å². The molecule has 2 fully saturated rings. The lowest BCUT2D eigenvalue weighted by Crippen LogP contribution is -2.46. The van der Waals surface area contributed by atoms with E-state index in [4.69, 9.17) is 19.0 Å². The molecule has 2 unspecified atom stereocenters. The number of hydrogen-bond acceptors (Lipinski definition) is 7.